The number of aromatic nitrogens is 1. The van der Waals surface area contributed by atoms with Gasteiger partial charge in [-0.3, -0.25) is 9.78 Å². The first-order valence-corrected chi connectivity index (χ1v) is 13.2. The van der Waals surface area contributed by atoms with Gasteiger partial charge in [0, 0.05) is 24.5 Å². The van der Waals surface area contributed by atoms with Gasteiger partial charge >= 0.3 is 0 Å². The van der Waals surface area contributed by atoms with E-state index in [1.54, 1.807) is 12.1 Å². The summed E-state index contributed by atoms with van der Waals surface area (Å²) < 4.78 is 0. The molecule has 1 saturated carbocycles. The standard InChI is InChI=1S/C28H31Cl2N3O2/c1-31-11-10-17-2-4-18(5-3-17)16-33-26(34)9-7-20-15-32-25-8-6-19(12-22(25)27(20)33)21-13-23(29)28(35)24(30)14-21/h6,8,12-15,17-18,31,35H,2-5,7,9-11,16H2,1H3. The molecule has 2 aliphatic rings. The molecular weight excluding hydrogens is 481 g/mol. The highest BCUT2D eigenvalue weighted by Crippen LogP contribution is 2.41. The van der Waals surface area contributed by atoms with Crippen LogP contribution in [0.25, 0.3) is 22.0 Å². The normalized spacial score (nSPS) is 20.3. The number of nitrogens with one attached hydrogen (secondary N) is 1. The van der Waals surface area contributed by atoms with Crippen molar-refractivity contribution in [1.29, 1.82) is 0 Å². The predicted molar refractivity (Wildman–Crippen MR) is 144 cm³/mol. The second-order valence-corrected chi connectivity index (χ2v) is 10.8. The number of rotatable bonds is 6. The molecule has 0 radical (unpaired) electrons. The predicted octanol–water partition coefficient (Wildman–Crippen LogP) is 6.61. The van der Waals surface area contributed by atoms with E-state index < -0.39 is 0 Å². The summed E-state index contributed by atoms with van der Waals surface area (Å²) in [7, 11) is 2.01. The number of hydrogen-bond acceptors (Lipinski definition) is 4. The quantitative estimate of drug-likeness (QED) is 0.390. The van der Waals surface area contributed by atoms with Crippen molar-refractivity contribution in [3.63, 3.8) is 0 Å². The molecule has 1 aromatic heterocycles. The van der Waals surface area contributed by atoms with Crippen LogP contribution in [-0.4, -0.2) is 36.1 Å². The number of benzene rings is 2. The molecule has 0 saturated heterocycles. The Balaban J connectivity index is 1.48. The van der Waals surface area contributed by atoms with Gasteiger partial charge in [-0.25, -0.2) is 0 Å². The molecule has 2 heterocycles. The minimum Gasteiger partial charge on any atom is -0.505 e. The number of phenols is 1. The number of fused-ring (bicyclic) bond motifs is 3. The van der Waals surface area contributed by atoms with Crippen molar-refractivity contribution in [2.75, 3.05) is 25.0 Å². The van der Waals surface area contributed by atoms with E-state index in [0.29, 0.717) is 18.8 Å². The fraction of sp³-hybridized carbons (Fsp3) is 0.429. The molecule has 184 valence electrons. The maximum Gasteiger partial charge on any atom is 0.227 e. The van der Waals surface area contributed by atoms with Gasteiger partial charge in [0.05, 0.1) is 21.2 Å². The van der Waals surface area contributed by atoms with Gasteiger partial charge in [0.1, 0.15) is 0 Å². The SMILES string of the molecule is CNCCC1CCC(CN2C(=O)CCc3cnc4ccc(-c5cc(Cl)c(O)c(Cl)c5)cc4c32)CC1. The van der Waals surface area contributed by atoms with Crippen molar-refractivity contribution < 1.29 is 9.90 Å². The minimum absolute atomic E-state index is 0.116. The van der Waals surface area contributed by atoms with Crippen molar-refractivity contribution >= 4 is 45.7 Å². The van der Waals surface area contributed by atoms with Crippen LogP contribution in [0.4, 0.5) is 5.69 Å². The first kappa shape index (κ1) is 24.4. The first-order chi connectivity index (χ1) is 16.9. The molecule has 3 aromatic rings. The van der Waals surface area contributed by atoms with Gasteiger partial charge in [0.15, 0.2) is 5.75 Å². The van der Waals surface area contributed by atoms with Gasteiger partial charge < -0.3 is 15.3 Å². The van der Waals surface area contributed by atoms with Crippen LogP contribution in [0.1, 0.15) is 44.1 Å². The third kappa shape index (κ3) is 5.00. The smallest absolute Gasteiger partial charge is 0.227 e. The molecule has 5 nitrogen and oxygen atoms in total. The number of halogens is 2. The van der Waals surface area contributed by atoms with E-state index >= 15 is 0 Å². The molecule has 0 bridgehead atoms. The molecule has 0 unspecified atom stereocenters. The lowest BCUT2D eigenvalue weighted by Crippen LogP contribution is -2.40. The molecule has 1 aliphatic carbocycles. The average molecular weight is 512 g/mol. The molecule has 1 aliphatic heterocycles. The number of aromatic hydroxyl groups is 1. The Kier molecular flexibility index (Phi) is 7.19. The van der Waals surface area contributed by atoms with Crippen LogP contribution in [0.2, 0.25) is 10.0 Å². The number of pyridine rings is 1. The maximum absolute atomic E-state index is 13.2. The Morgan fingerprint density at radius 3 is 2.46 bits per heavy atom. The average Bonchev–Trinajstić information content (AvgIpc) is 2.87. The topological polar surface area (TPSA) is 65.5 Å². The lowest BCUT2D eigenvalue weighted by atomic mass is 9.80. The van der Waals surface area contributed by atoms with E-state index in [2.05, 4.69) is 16.4 Å². The zero-order valence-electron chi connectivity index (χ0n) is 20.0. The van der Waals surface area contributed by atoms with E-state index in [1.165, 1.54) is 32.1 Å². The van der Waals surface area contributed by atoms with Crippen LogP contribution in [0.5, 0.6) is 5.75 Å². The molecular formula is C28H31Cl2N3O2. The number of aryl methyl sites for hydroxylation is 1. The largest absolute Gasteiger partial charge is 0.505 e. The molecule has 5 rings (SSSR count). The number of phenolic OH excluding ortho intramolecular Hbond substituents is 1. The van der Waals surface area contributed by atoms with Gasteiger partial charge in [0.25, 0.3) is 0 Å². The van der Waals surface area contributed by atoms with E-state index in [4.69, 9.17) is 23.2 Å². The van der Waals surface area contributed by atoms with Crippen LogP contribution < -0.4 is 10.2 Å². The highest BCUT2D eigenvalue weighted by Gasteiger charge is 2.30. The Labute approximate surface area is 216 Å². The van der Waals surface area contributed by atoms with Crippen molar-refractivity contribution in [3.05, 3.63) is 52.1 Å². The number of carbonyl (C=O) groups excluding carboxylic acids is 1. The summed E-state index contributed by atoms with van der Waals surface area (Å²) in [5, 5.41) is 14.6. The summed E-state index contributed by atoms with van der Waals surface area (Å²) in [6.07, 6.45) is 9.24. The van der Waals surface area contributed by atoms with Crippen molar-refractivity contribution in [1.82, 2.24) is 10.3 Å². The zero-order chi connectivity index (χ0) is 24.5. The summed E-state index contributed by atoms with van der Waals surface area (Å²) in [6, 6.07) is 9.44. The Bertz CT molecular complexity index is 1230. The van der Waals surface area contributed by atoms with Gasteiger partial charge in [-0.15, -0.1) is 0 Å². The van der Waals surface area contributed by atoms with Gasteiger partial charge in [0.2, 0.25) is 5.91 Å². The highest BCUT2D eigenvalue weighted by molar-refractivity contribution is 6.37. The summed E-state index contributed by atoms with van der Waals surface area (Å²) in [5.74, 6) is 1.40. The third-order valence-corrected chi connectivity index (χ3v) is 8.23. The Morgan fingerprint density at radius 2 is 1.74 bits per heavy atom. The van der Waals surface area contributed by atoms with E-state index in [9.17, 15) is 9.90 Å². The second-order valence-electron chi connectivity index (χ2n) is 9.94. The molecule has 7 heteroatoms. The van der Waals surface area contributed by atoms with Crippen molar-refractivity contribution in [2.45, 2.75) is 44.9 Å². The molecule has 2 N–H and O–H groups in total. The first-order valence-electron chi connectivity index (χ1n) is 12.5. The zero-order valence-corrected chi connectivity index (χ0v) is 21.5. The molecule has 0 atom stereocenters. The summed E-state index contributed by atoms with van der Waals surface area (Å²) in [6.45, 7) is 1.84. The number of amides is 1. The maximum atomic E-state index is 13.2. The van der Waals surface area contributed by atoms with E-state index in [1.807, 2.05) is 30.3 Å². The van der Waals surface area contributed by atoms with E-state index in [0.717, 1.165) is 52.3 Å². The second kappa shape index (κ2) is 10.3. The van der Waals surface area contributed by atoms with Gasteiger partial charge in [-0.2, -0.15) is 0 Å². The third-order valence-electron chi connectivity index (χ3n) is 7.65. The fourth-order valence-corrected chi connectivity index (χ4v) is 6.12. The summed E-state index contributed by atoms with van der Waals surface area (Å²) in [4.78, 5) is 19.9. The molecule has 1 amide bonds. The van der Waals surface area contributed by atoms with Crippen molar-refractivity contribution in [2.24, 2.45) is 11.8 Å². The lowest BCUT2D eigenvalue weighted by molar-refractivity contribution is -0.119. The van der Waals surface area contributed by atoms with E-state index in [-0.39, 0.29) is 21.7 Å². The highest BCUT2D eigenvalue weighted by atomic mass is 35.5. The molecule has 2 aromatic carbocycles. The number of nitrogens with zero attached hydrogens (tertiary/aromatic N) is 2. The molecule has 1 fully saturated rings. The van der Waals surface area contributed by atoms with Crippen molar-refractivity contribution in [3.8, 4) is 16.9 Å². The minimum atomic E-state index is -0.116. The van der Waals surface area contributed by atoms with Gasteiger partial charge in [-0.05, 0) is 92.1 Å². The lowest BCUT2D eigenvalue weighted by Gasteiger charge is -2.36. The monoisotopic (exact) mass is 511 g/mol. The van der Waals surface area contributed by atoms with Crippen LogP contribution in [-0.2, 0) is 11.2 Å². The number of hydrogen-bond donors (Lipinski definition) is 2. The van der Waals surface area contributed by atoms with Gasteiger partial charge in [-0.1, -0.05) is 42.1 Å². The summed E-state index contributed by atoms with van der Waals surface area (Å²) >= 11 is 12.4. The number of anilines is 1. The van der Waals surface area contributed by atoms with Crippen LogP contribution in [0, 0.1) is 11.8 Å². The molecule has 0 spiro atoms. The Morgan fingerprint density at radius 1 is 1.03 bits per heavy atom. The van der Waals surface area contributed by atoms with Crippen LogP contribution in [0.15, 0.2) is 36.5 Å². The Hall–Kier alpha value is -2.34. The molecule has 35 heavy (non-hydrogen) atoms. The van der Waals surface area contributed by atoms with Crippen LogP contribution in [0.3, 0.4) is 0 Å². The summed E-state index contributed by atoms with van der Waals surface area (Å²) in [5.41, 5.74) is 4.71. The van der Waals surface area contributed by atoms with Crippen LogP contribution >= 0.6 is 23.2 Å². The fourth-order valence-electron chi connectivity index (χ4n) is 5.64. The number of carbonyl (C=O) groups is 1.